The Morgan fingerprint density at radius 3 is 2.40 bits per heavy atom. The van der Waals surface area contributed by atoms with Crippen molar-refractivity contribution in [3.63, 3.8) is 0 Å². The molecule has 42 heavy (non-hydrogen) atoms. The van der Waals surface area contributed by atoms with E-state index in [1.165, 1.54) is 11.3 Å². The van der Waals surface area contributed by atoms with Crippen LogP contribution in [-0.2, 0) is 9.53 Å². The third-order valence-electron chi connectivity index (χ3n) is 7.31. The van der Waals surface area contributed by atoms with Gasteiger partial charge in [-0.2, -0.15) is 0 Å². The van der Waals surface area contributed by atoms with Crippen LogP contribution in [0.15, 0.2) is 106 Å². The van der Waals surface area contributed by atoms with Crippen LogP contribution < -0.4 is 14.9 Å². The van der Waals surface area contributed by atoms with Crippen molar-refractivity contribution in [3.8, 4) is 5.69 Å². The van der Waals surface area contributed by atoms with Crippen LogP contribution in [0.3, 0.4) is 0 Å². The van der Waals surface area contributed by atoms with Crippen LogP contribution in [-0.4, -0.2) is 21.7 Å². The fourth-order valence-corrected chi connectivity index (χ4v) is 6.65. The smallest absolute Gasteiger partial charge is 0.338 e. The lowest BCUT2D eigenvalue weighted by Crippen LogP contribution is -2.40. The molecule has 0 saturated carbocycles. The maximum absolute atomic E-state index is 14.2. The molecule has 210 valence electrons. The van der Waals surface area contributed by atoms with E-state index in [-0.39, 0.29) is 12.2 Å². The molecule has 3 heterocycles. The number of benzene rings is 3. The lowest BCUT2D eigenvalue weighted by atomic mass is 9.93. The summed E-state index contributed by atoms with van der Waals surface area (Å²) in [4.78, 5) is 33.2. The summed E-state index contributed by atoms with van der Waals surface area (Å²) in [7, 11) is 0. The van der Waals surface area contributed by atoms with Crippen molar-refractivity contribution in [2.24, 2.45) is 4.99 Å². The molecule has 0 amide bonds. The van der Waals surface area contributed by atoms with Crippen LogP contribution in [0.25, 0.3) is 17.5 Å². The molecule has 0 aliphatic carbocycles. The summed E-state index contributed by atoms with van der Waals surface area (Å²) in [5.41, 5.74) is 6.09. The number of thiazole rings is 1. The minimum Gasteiger partial charge on any atom is -0.463 e. The minimum atomic E-state index is -0.697. The molecule has 1 aliphatic heterocycles. The fourth-order valence-electron chi connectivity index (χ4n) is 5.48. The van der Waals surface area contributed by atoms with Crippen molar-refractivity contribution in [1.82, 2.24) is 9.13 Å². The Labute approximate surface area is 252 Å². The van der Waals surface area contributed by atoms with E-state index in [9.17, 15) is 9.59 Å². The van der Waals surface area contributed by atoms with Gasteiger partial charge in [0.25, 0.3) is 5.56 Å². The Kier molecular flexibility index (Phi) is 7.54. The summed E-state index contributed by atoms with van der Waals surface area (Å²) in [6.07, 6.45) is 1.91. The number of aryl methyl sites for hydroxylation is 1. The molecule has 5 aromatic rings. The van der Waals surface area contributed by atoms with E-state index in [1.807, 2.05) is 105 Å². The Morgan fingerprint density at radius 1 is 1.00 bits per heavy atom. The summed E-state index contributed by atoms with van der Waals surface area (Å²) < 4.78 is 9.81. The first-order chi connectivity index (χ1) is 20.4. The molecule has 0 radical (unpaired) electrons. The van der Waals surface area contributed by atoms with Gasteiger partial charge in [-0.15, -0.1) is 0 Å². The predicted molar refractivity (Wildman–Crippen MR) is 168 cm³/mol. The van der Waals surface area contributed by atoms with Crippen molar-refractivity contribution >= 4 is 40.7 Å². The van der Waals surface area contributed by atoms with Gasteiger partial charge in [0.15, 0.2) is 4.80 Å². The third-order valence-corrected chi connectivity index (χ3v) is 8.53. The van der Waals surface area contributed by atoms with Crippen LogP contribution in [0.1, 0.15) is 41.0 Å². The SMILES string of the molecule is CCOC(=O)C1=C(c2ccccc2)N=c2s/c(=C/c3cc(C)n(-c4cccc(Cl)c4)c3C)c(=O)n2[C@H]1c1ccccc1. The van der Waals surface area contributed by atoms with E-state index in [0.717, 1.165) is 33.8 Å². The number of ether oxygens (including phenoxy) is 1. The van der Waals surface area contributed by atoms with Gasteiger partial charge in [-0.25, -0.2) is 9.79 Å². The van der Waals surface area contributed by atoms with Gasteiger partial charge < -0.3 is 9.30 Å². The van der Waals surface area contributed by atoms with Crippen molar-refractivity contribution < 1.29 is 9.53 Å². The van der Waals surface area contributed by atoms with Gasteiger partial charge in [-0.1, -0.05) is 89.7 Å². The van der Waals surface area contributed by atoms with Gasteiger partial charge >= 0.3 is 5.97 Å². The zero-order valence-corrected chi connectivity index (χ0v) is 24.9. The highest BCUT2D eigenvalue weighted by Gasteiger charge is 2.35. The molecular weight excluding hydrogens is 566 g/mol. The van der Waals surface area contributed by atoms with Crippen molar-refractivity contribution in [2.75, 3.05) is 6.61 Å². The molecule has 0 fully saturated rings. The summed E-state index contributed by atoms with van der Waals surface area (Å²) in [6, 6.07) is 28.2. The first-order valence-electron chi connectivity index (χ1n) is 13.7. The molecule has 3 aromatic carbocycles. The van der Waals surface area contributed by atoms with Crippen LogP contribution in [0, 0.1) is 13.8 Å². The van der Waals surface area contributed by atoms with E-state index in [2.05, 4.69) is 10.6 Å². The first kappa shape index (κ1) is 27.7. The number of nitrogens with zero attached hydrogens (tertiary/aromatic N) is 3. The second kappa shape index (κ2) is 11.4. The molecule has 6 rings (SSSR count). The van der Waals surface area contributed by atoms with E-state index < -0.39 is 12.0 Å². The number of carbonyl (C=O) groups is 1. The Hall–Kier alpha value is -4.46. The van der Waals surface area contributed by atoms with Gasteiger partial charge in [-0.05, 0) is 62.2 Å². The molecule has 0 spiro atoms. The molecule has 2 aromatic heterocycles. The number of hydrogen-bond donors (Lipinski definition) is 0. The van der Waals surface area contributed by atoms with Gasteiger partial charge in [0.1, 0.15) is 0 Å². The summed E-state index contributed by atoms with van der Waals surface area (Å²) in [5, 5.41) is 0.655. The Balaban J connectivity index is 1.60. The second-order valence-corrected chi connectivity index (χ2v) is 11.4. The predicted octanol–water partition coefficient (Wildman–Crippen LogP) is 6.00. The number of hydrogen-bond acceptors (Lipinski definition) is 5. The highest BCUT2D eigenvalue weighted by atomic mass is 35.5. The molecule has 0 bridgehead atoms. The largest absolute Gasteiger partial charge is 0.463 e. The van der Waals surface area contributed by atoms with E-state index in [0.29, 0.717) is 25.6 Å². The van der Waals surface area contributed by atoms with Crippen molar-refractivity contribution in [2.45, 2.75) is 26.8 Å². The fraction of sp³-hybridized carbons (Fsp3) is 0.147. The molecule has 0 N–H and O–H groups in total. The van der Waals surface area contributed by atoms with Gasteiger partial charge in [-0.3, -0.25) is 9.36 Å². The van der Waals surface area contributed by atoms with Crippen LogP contribution >= 0.6 is 22.9 Å². The first-order valence-corrected chi connectivity index (χ1v) is 14.8. The van der Waals surface area contributed by atoms with Crippen LogP contribution in [0.2, 0.25) is 5.02 Å². The number of halogens is 1. The maximum atomic E-state index is 14.2. The highest BCUT2D eigenvalue weighted by Crippen LogP contribution is 2.35. The lowest BCUT2D eigenvalue weighted by Gasteiger charge is -2.25. The van der Waals surface area contributed by atoms with E-state index >= 15 is 0 Å². The molecule has 6 nitrogen and oxygen atoms in total. The summed E-state index contributed by atoms with van der Waals surface area (Å²) >= 11 is 7.59. The van der Waals surface area contributed by atoms with Crippen molar-refractivity contribution in [1.29, 1.82) is 0 Å². The average molecular weight is 594 g/mol. The van der Waals surface area contributed by atoms with E-state index in [4.69, 9.17) is 21.3 Å². The zero-order valence-electron chi connectivity index (χ0n) is 23.4. The van der Waals surface area contributed by atoms with E-state index in [1.54, 1.807) is 11.5 Å². The number of aromatic nitrogens is 2. The summed E-state index contributed by atoms with van der Waals surface area (Å²) in [5.74, 6) is -0.492. The quantitative estimate of drug-likeness (QED) is 0.227. The highest BCUT2D eigenvalue weighted by molar-refractivity contribution is 7.07. The Morgan fingerprint density at radius 2 is 1.71 bits per heavy atom. The standard InChI is InChI=1S/C34H28ClN3O3S/c1-4-41-33(40)29-30(23-12-7-5-8-13-23)36-34-38(31(29)24-14-9-6-10-15-24)32(39)28(42-34)19-25-18-21(2)37(22(25)3)27-17-11-16-26(35)20-27/h5-20,31H,4H2,1-3H3/b28-19+/t31-/m0/s1. The molecule has 1 aliphatic rings. The monoisotopic (exact) mass is 593 g/mol. The van der Waals surface area contributed by atoms with Crippen LogP contribution in [0.5, 0.6) is 0 Å². The van der Waals surface area contributed by atoms with Gasteiger partial charge in [0.2, 0.25) is 0 Å². The topological polar surface area (TPSA) is 65.6 Å². The van der Waals surface area contributed by atoms with Crippen LogP contribution in [0.4, 0.5) is 0 Å². The number of esters is 1. The van der Waals surface area contributed by atoms with Gasteiger partial charge in [0, 0.05) is 27.7 Å². The van der Waals surface area contributed by atoms with Gasteiger partial charge in [0.05, 0.1) is 28.5 Å². The molecule has 0 saturated heterocycles. The molecule has 8 heteroatoms. The minimum absolute atomic E-state index is 0.207. The average Bonchev–Trinajstić information content (AvgIpc) is 3.46. The maximum Gasteiger partial charge on any atom is 0.338 e. The lowest BCUT2D eigenvalue weighted by molar-refractivity contribution is -0.138. The Bertz CT molecular complexity index is 2020. The second-order valence-electron chi connectivity index (χ2n) is 9.98. The molecular formula is C34H28ClN3O3S. The molecule has 1 atom stereocenters. The third kappa shape index (κ3) is 4.95. The number of carbonyl (C=O) groups excluding carboxylic acids is 1. The van der Waals surface area contributed by atoms with Crippen molar-refractivity contribution in [3.05, 3.63) is 149 Å². The number of fused-ring (bicyclic) bond motifs is 1. The summed E-state index contributed by atoms with van der Waals surface area (Å²) in [6.45, 7) is 6.03. The zero-order chi connectivity index (χ0) is 29.4. The number of rotatable bonds is 6. The normalized spacial score (nSPS) is 15.0. The molecule has 0 unspecified atom stereocenters.